The lowest BCUT2D eigenvalue weighted by Gasteiger charge is -2.41. The van der Waals surface area contributed by atoms with E-state index in [0.717, 1.165) is 44.7 Å². The Kier molecular flexibility index (Phi) is 3.85. The van der Waals surface area contributed by atoms with Gasteiger partial charge in [0.05, 0.1) is 0 Å². The molecule has 0 aromatic heterocycles. The van der Waals surface area contributed by atoms with Crippen molar-refractivity contribution in [3.8, 4) is 0 Å². The molecule has 2 aliphatic rings. The molecule has 1 fully saturated rings. The molecule has 4 heteroatoms. The summed E-state index contributed by atoms with van der Waals surface area (Å²) in [6, 6.07) is 0. The summed E-state index contributed by atoms with van der Waals surface area (Å²) in [7, 11) is 0. The zero-order chi connectivity index (χ0) is 13.2. The number of carbonyl (C=O) groups excluding carboxylic acids is 1. The summed E-state index contributed by atoms with van der Waals surface area (Å²) < 4.78 is 0. The van der Waals surface area contributed by atoms with E-state index in [1.807, 2.05) is 17.2 Å². The van der Waals surface area contributed by atoms with Crippen LogP contribution in [0.2, 0.25) is 0 Å². The minimum atomic E-state index is 0.152. The Bertz CT molecular complexity index is 371. The molecule has 0 aromatic rings. The third-order valence-corrected chi connectivity index (χ3v) is 3.66. The molecule has 2 heterocycles. The van der Waals surface area contributed by atoms with Crippen LogP contribution in [0.1, 0.15) is 33.6 Å². The first kappa shape index (κ1) is 13.3. The SMILES string of the molecule is CC(C)(C)N1CCN(C(=O)C2=CCCC=[NH+]2)CC1. The zero-order valence-electron chi connectivity index (χ0n) is 11.7. The number of nitrogens with zero attached hydrogens (tertiary/aromatic N) is 2. The lowest BCUT2D eigenvalue weighted by atomic mass is 10.0. The Hall–Kier alpha value is -1.16. The van der Waals surface area contributed by atoms with Crippen molar-refractivity contribution >= 4 is 12.1 Å². The molecular weight excluding hydrogens is 226 g/mol. The Labute approximate surface area is 109 Å². The maximum Gasteiger partial charge on any atom is 0.318 e. The molecule has 1 amide bonds. The van der Waals surface area contributed by atoms with Crippen molar-refractivity contribution < 1.29 is 9.79 Å². The minimum absolute atomic E-state index is 0.152. The first-order valence-electron chi connectivity index (χ1n) is 6.81. The molecule has 0 atom stereocenters. The maximum absolute atomic E-state index is 12.3. The van der Waals surface area contributed by atoms with Gasteiger partial charge in [-0.1, -0.05) is 0 Å². The predicted octanol–water partition coefficient (Wildman–Crippen LogP) is -0.242. The smallest absolute Gasteiger partial charge is 0.318 e. The van der Waals surface area contributed by atoms with Gasteiger partial charge in [0.2, 0.25) is 0 Å². The first-order valence-corrected chi connectivity index (χ1v) is 6.81. The fourth-order valence-corrected chi connectivity index (χ4v) is 2.45. The summed E-state index contributed by atoms with van der Waals surface area (Å²) in [5.74, 6) is 0.152. The van der Waals surface area contributed by atoms with E-state index < -0.39 is 0 Å². The van der Waals surface area contributed by atoms with Crippen LogP contribution < -0.4 is 4.99 Å². The van der Waals surface area contributed by atoms with Crippen LogP contribution in [0.3, 0.4) is 0 Å². The van der Waals surface area contributed by atoms with Crippen LogP contribution in [0.4, 0.5) is 0 Å². The van der Waals surface area contributed by atoms with Crippen molar-refractivity contribution in [2.45, 2.75) is 39.2 Å². The van der Waals surface area contributed by atoms with Crippen LogP contribution >= 0.6 is 0 Å². The molecule has 0 aromatic carbocycles. The Balaban J connectivity index is 1.92. The number of nitrogens with one attached hydrogen (secondary N) is 1. The molecule has 2 aliphatic heterocycles. The van der Waals surface area contributed by atoms with E-state index in [2.05, 4.69) is 30.7 Å². The van der Waals surface area contributed by atoms with Crippen molar-refractivity contribution in [2.75, 3.05) is 26.2 Å². The van der Waals surface area contributed by atoms with Crippen molar-refractivity contribution in [1.29, 1.82) is 0 Å². The summed E-state index contributed by atoms with van der Waals surface area (Å²) >= 11 is 0. The molecule has 0 radical (unpaired) electrons. The number of amides is 1. The highest BCUT2D eigenvalue weighted by Crippen LogP contribution is 2.16. The van der Waals surface area contributed by atoms with Gasteiger partial charge in [0, 0.05) is 38.1 Å². The van der Waals surface area contributed by atoms with Gasteiger partial charge in [-0.25, -0.2) is 4.99 Å². The van der Waals surface area contributed by atoms with Gasteiger partial charge in [-0.05, 0) is 33.3 Å². The van der Waals surface area contributed by atoms with E-state index in [1.165, 1.54) is 0 Å². The first-order chi connectivity index (χ1) is 8.48. The molecule has 2 rings (SSSR count). The summed E-state index contributed by atoms with van der Waals surface area (Å²) in [5.41, 5.74) is 0.955. The third kappa shape index (κ3) is 2.99. The summed E-state index contributed by atoms with van der Waals surface area (Å²) in [6.45, 7) is 10.3. The number of hydrogen-bond acceptors (Lipinski definition) is 2. The highest BCUT2D eigenvalue weighted by Gasteiger charge is 2.30. The van der Waals surface area contributed by atoms with Crippen molar-refractivity contribution in [3.05, 3.63) is 11.8 Å². The highest BCUT2D eigenvalue weighted by atomic mass is 16.2. The fourth-order valence-electron chi connectivity index (χ4n) is 2.45. The lowest BCUT2D eigenvalue weighted by Crippen LogP contribution is -2.71. The normalized spacial score (nSPS) is 21.9. The van der Waals surface area contributed by atoms with Crippen molar-refractivity contribution in [2.24, 2.45) is 0 Å². The van der Waals surface area contributed by atoms with Gasteiger partial charge in [0.25, 0.3) is 5.70 Å². The van der Waals surface area contributed by atoms with E-state index in [1.54, 1.807) is 0 Å². The van der Waals surface area contributed by atoms with Crippen LogP contribution in [0, 0.1) is 0 Å². The van der Waals surface area contributed by atoms with Gasteiger partial charge in [-0.2, -0.15) is 0 Å². The molecule has 1 N–H and O–H groups in total. The number of carbonyl (C=O) groups is 1. The molecule has 0 spiro atoms. The van der Waals surface area contributed by atoms with Gasteiger partial charge in [-0.15, -0.1) is 0 Å². The Morgan fingerprint density at radius 3 is 2.33 bits per heavy atom. The van der Waals surface area contributed by atoms with Crippen LogP contribution in [0.5, 0.6) is 0 Å². The number of rotatable bonds is 1. The van der Waals surface area contributed by atoms with Crippen LogP contribution in [-0.2, 0) is 4.79 Å². The fraction of sp³-hybridized carbons (Fsp3) is 0.714. The van der Waals surface area contributed by atoms with Gasteiger partial charge in [0.1, 0.15) is 6.21 Å². The standard InChI is InChI=1S/C14H23N3O/c1-14(2,3)17-10-8-16(9-11-17)13(18)12-6-4-5-7-15-12/h6-7H,4-5,8-11H2,1-3H3/p+1. The molecular formula is C14H24N3O+. The monoisotopic (exact) mass is 250 g/mol. The van der Waals surface area contributed by atoms with E-state index >= 15 is 0 Å². The van der Waals surface area contributed by atoms with Crippen LogP contribution in [0.25, 0.3) is 0 Å². The number of piperazine rings is 1. The molecule has 0 aliphatic carbocycles. The Morgan fingerprint density at radius 2 is 1.83 bits per heavy atom. The molecule has 0 saturated carbocycles. The van der Waals surface area contributed by atoms with Crippen LogP contribution in [-0.4, -0.2) is 53.6 Å². The van der Waals surface area contributed by atoms with Gasteiger partial charge in [0.15, 0.2) is 0 Å². The third-order valence-electron chi connectivity index (χ3n) is 3.66. The van der Waals surface area contributed by atoms with Gasteiger partial charge >= 0.3 is 5.91 Å². The molecule has 100 valence electrons. The van der Waals surface area contributed by atoms with E-state index in [4.69, 9.17) is 0 Å². The summed E-state index contributed by atoms with van der Waals surface area (Å²) in [4.78, 5) is 19.7. The topological polar surface area (TPSA) is 37.5 Å². The quantitative estimate of drug-likeness (QED) is 0.697. The largest absolute Gasteiger partial charge is 0.331 e. The number of hydrogen-bond donors (Lipinski definition) is 1. The second-order valence-electron chi connectivity index (χ2n) is 5.99. The molecule has 1 saturated heterocycles. The minimum Gasteiger partial charge on any atom is -0.331 e. The highest BCUT2D eigenvalue weighted by molar-refractivity contribution is 5.91. The van der Waals surface area contributed by atoms with Crippen LogP contribution in [0.15, 0.2) is 11.8 Å². The summed E-state index contributed by atoms with van der Waals surface area (Å²) in [5, 5.41) is 0. The molecule has 18 heavy (non-hydrogen) atoms. The second kappa shape index (κ2) is 5.22. The average Bonchev–Trinajstić information content (AvgIpc) is 2.38. The van der Waals surface area contributed by atoms with Crippen molar-refractivity contribution in [1.82, 2.24) is 9.80 Å². The summed E-state index contributed by atoms with van der Waals surface area (Å²) in [6.07, 6.45) is 5.96. The predicted molar refractivity (Wildman–Crippen MR) is 72.2 cm³/mol. The molecule has 0 unspecified atom stereocenters. The van der Waals surface area contributed by atoms with E-state index in [-0.39, 0.29) is 11.4 Å². The van der Waals surface area contributed by atoms with Crippen molar-refractivity contribution in [3.63, 3.8) is 0 Å². The average molecular weight is 250 g/mol. The van der Waals surface area contributed by atoms with E-state index in [0.29, 0.717) is 0 Å². The number of allylic oxidation sites excluding steroid dienone is 1. The lowest BCUT2D eigenvalue weighted by molar-refractivity contribution is -0.390. The molecule has 0 bridgehead atoms. The second-order valence-corrected chi connectivity index (χ2v) is 5.99. The van der Waals surface area contributed by atoms with Gasteiger partial charge < -0.3 is 4.90 Å². The zero-order valence-corrected chi connectivity index (χ0v) is 11.7. The molecule has 4 nitrogen and oxygen atoms in total. The maximum atomic E-state index is 12.3. The van der Waals surface area contributed by atoms with E-state index in [9.17, 15) is 4.79 Å². The van der Waals surface area contributed by atoms with Gasteiger partial charge in [-0.3, -0.25) is 9.69 Å². The Morgan fingerprint density at radius 1 is 1.17 bits per heavy atom.